The Morgan fingerprint density at radius 1 is 1.29 bits per heavy atom. The second-order valence-electron chi connectivity index (χ2n) is 5.85. The molecule has 1 aliphatic rings. The molecule has 2 atom stereocenters. The molecule has 0 N–H and O–H groups in total. The van der Waals surface area contributed by atoms with Crippen molar-refractivity contribution in [3.05, 3.63) is 76.8 Å². The molecular formula is C18H17FN2O2S. The van der Waals surface area contributed by atoms with Gasteiger partial charge in [-0.1, -0.05) is 18.2 Å². The summed E-state index contributed by atoms with van der Waals surface area (Å²) in [5.41, 5.74) is 1.04. The van der Waals surface area contributed by atoms with Crippen LogP contribution in [0.15, 0.2) is 60.5 Å². The van der Waals surface area contributed by atoms with Crippen molar-refractivity contribution < 1.29 is 13.9 Å². The van der Waals surface area contributed by atoms with Gasteiger partial charge < -0.3 is 14.0 Å². The first-order chi connectivity index (χ1) is 11.7. The van der Waals surface area contributed by atoms with Crippen molar-refractivity contribution in [3.8, 4) is 0 Å². The van der Waals surface area contributed by atoms with Gasteiger partial charge in [-0.25, -0.2) is 9.37 Å². The first-order valence-corrected chi connectivity index (χ1v) is 8.67. The van der Waals surface area contributed by atoms with Crippen LogP contribution in [0.3, 0.4) is 0 Å². The summed E-state index contributed by atoms with van der Waals surface area (Å²) in [6, 6.07) is 10.6. The summed E-state index contributed by atoms with van der Waals surface area (Å²) in [6.45, 7) is 1.05. The summed E-state index contributed by atoms with van der Waals surface area (Å²) in [4.78, 5) is 5.13. The molecule has 0 spiro atoms. The molecule has 0 amide bonds. The summed E-state index contributed by atoms with van der Waals surface area (Å²) < 4.78 is 27.5. The van der Waals surface area contributed by atoms with Crippen LogP contribution in [0.4, 0.5) is 4.39 Å². The third-order valence-electron chi connectivity index (χ3n) is 4.08. The van der Waals surface area contributed by atoms with Crippen molar-refractivity contribution >= 4 is 11.3 Å². The fraction of sp³-hybridized carbons (Fsp3) is 0.278. The van der Waals surface area contributed by atoms with Gasteiger partial charge >= 0.3 is 0 Å². The maximum absolute atomic E-state index is 13.1. The molecule has 1 fully saturated rings. The van der Waals surface area contributed by atoms with Crippen molar-refractivity contribution in [1.29, 1.82) is 0 Å². The first-order valence-electron chi connectivity index (χ1n) is 7.79. The summed E-state index contributed by atoms with van der Waals surface area (Å²) in [5, 5.41) is 2.02. The van der Waals surface area contributed by atoms with Crippen LogP contribution >= 0.6 is 11.3 Å². The van der Waals surface area contributed by atoms with E-state index < -0.39 is 5.79 Å². The quantitative estimate of drug-likeness (QED) is 0.710. The van der Waals surface area contributed by atoms with Crippen molar-refractivity contribution in [2.45, 2.75) is 24.9 Å². The molecule has 2 aromatic heterocycles. The van der Waals surface area contributed by atoms with E-state index in [-0.39, 0.29) is 11.9 Å². The van der Waals surface area contributed by atoms with Gasteiger partial charge in [0.15, 0.2) is 0 Å². The van der Waals surface area contributed by atoms with E-state index in [0.29, 0.717) is 19.6 Å². The molecule has 124 valence electrons. The molecule has 3 aromatic rings. The summed E-state index contributed by atoms with van der Waals surface area (Å²) in [6.07, 6.45) is 6.02. The molecule has 4 nitrogen and oxygen atoms in total. The highest BCUT2D eigenvalue weighted by molar-refractivity contribution is 7.10. The Kier molecular flexibility index (Phi) is 4.18. The van der Waals surface area contributed by atoms with Gasteiger partial charge in [0, 0.05) is 18.8 Å². The second-order valence-corrected chi connectivity index (χ2v) is 6.79. The smallest absolute Gasteiger partial charge is 0.223 e. The van der Waals surface area contributed by atoms with Crippen molar-refractivity contribution in [2.75, 3.05) is 6.61 Å². The van der Waals surface area contributed by atoms with Crippen molar-refractivity contribution in [3.63, 3.8) is 0 Å². The number of thiophene rings is 1. The number of hydrogen-bond acceptors (Lipinski definition) is 4. The lowest BCUT2D eigenvalue weighted by Crippen LogP contribution is -2.32. The highest BCUT2D eigenvalue weighted by Gasteiger charge is 2.44. The minimum atomic E-state index is -0.792. The lowest BCUT2D eigenvalue weighted by molar-refractivity contribution is -0.184. The average molecular weight is 344 g/mol. The number of nitrogens with zero attached hydrogens (tertiary/aromatic N) is 2. The molecule has 0 bridgehead atoms. The largest absolute Gasteiger partial charge is 0.341 e. The number of rotatable bonds is 5. The van der Waals surface area contributed by atoms with Gasteiger partial charge in [0.2, 0.25) is 5.79 Å². The van der Waals surface area contributed by atoms with E-state index in [1.807, 2.05) is 28.3 Å². The maximum atomic E-state index is 13.1. The second kappa shape index (κ2) is 6.47. The van der Waals surface area contributed by atoms with Crippen molar-refractivity contribution in [1.82, 2.24) is 9.55 Å². The van der Waals surface area contributed by atoms with Gasteiger partial charge in [0.05, 0.1) is 30.5 Å². The lowest BCUT2D eigenvalue weighted by atomic mass is 10.1. The van der Waals surface area contributed by atoms with Gasteiger partial charge in [0.25, 0.3) is 0 Å². The van der Waals surface area contributed by atoms with E-state index in [1.54, 1.807) is 36.0 Å². The van der Waals surface area contributed by atoms with Gasteiger partial charge in [-0.2, -0.15) is 0 Å². The van der Waals surface area contributed by atoms with Crippen LogP contribution in [0.1, 0.15) is 10.4 Å². The number of hydrogen-bond donors (Lipinski definition) is 0. The third kappa shape index (κ3) is 3.13. The number of benzene rings is 1. The van der Waals surface area contributed by atoms with Gasteiger partial charge in [-0.3, -0.25) is 0 Å². The Hall–Kier alpha value is -2.02. The molecular weight excluding hydrogens is 327 g/mol. The van der Waals surface area contributed by atoms with E-state index in [1.165, 1.54) is 12.1 Å². The van der Waals surface area contributed by atoms with E-state index in [0.717, 1.165) is 10.4 Å². The lowest BCUT2D eigenvalue weighted by Gasteiger charge is -2.27. The normalized spacial score (nSPS) is 23.6. The number of aromatic nitrogens is 2. The van der Waals surface area contributed by atoms with Gasteiger partial charge in [-0.15, -0.1) is 11.3 Å². The Morgan fingerprint density at radius 2 is 2.17 bits per heavy atom. The van der Waals surface area contributed by atoms with Crippen molar-refractivity contribution in [2.24, 2.45) is 0 Å². The van der Waals surface area contributed by atoms with E-state index in [9.17, 15) is 4.39 Å². The molecule has 1 saturated heterocycles. The van der Waals surface area contributed by atoms with Crippen LogP contribution in [0, 0.1) is 5.82 Å². The molecule has 1 aliphatic heterocycles. The predicted molar refractivity (Wildman–Crippen MR) is 89.2 cm³/mol. The molecule has 4 rings (SSSR count). The topological polar surface area (TPSA) is 36.3 Å². The molecule has 0 aliphatic carbocycles. The Morgan fingerprint density at radius 3 is 2.88 bits per heavy atom. The van der Waals surface area contributed by atoms with E-state index in [4.69, 9.17) is 9.47 Å². The monoisotopic (exact) mass is 344 g/mol. The molecule has 2 unspecified atom stereocenters. The summed E-state index contributed by atoms with van der Waals surface area (Å²) in [7, 11) is 0. The zero-order chi connectivity index (χ0) is 16.4. The summed E-state index contributed by atoms with van der Waals surface area (Å²) >= 11 is 1.62. The summed E-state index contributed by atoms with van der Waals surface area (Å²) in [5.74, 6) is -1.02. The molecule has 0 saturated carbocycles. The Balaban J connectivity index is 1.54. The number of imidazole rings is 1. The predicted octanol–water partition coefficient (Wildman–Crippen LogP) is 3.59. The Labute approximate surface area is 143 Å². The van der Waals surface area contributed by atoms with Crippen LogP contribution in [-0.4, -0.2) is 22.3 Å². The van der Waals surface area contributed by atoms with Crippen LogP contribution < -0.4 is 0 Å². The van der Waals surface area contributed by atoms with Gasteiger partial charge in [-0.05, 0) is 29.1 Å². The van der Waals surface area contributed by atoms with E-state index >= 15 is 0 Å². The third-order valence-corrected chi connectivity index (χ3v) is 5.08. The molecule has 3 heterocycles. The molecule has 24 heavy (non-hydrogen) atoms. The minimum Gasteiger partial charge on any atom is -0.341 e. The molecule has 6 heteroatoms. The maximum Gasteiger partial charge on any atom is 0.223 e. The highest BCUT2D eigenvalue weighted by Crippen LogP contribution is 2.39. The fourth-order valence-corrected chi connectivity index (χ4v) is 3.77. The molecule has 0 radical (unpaired) electrons. The fourth-order valence-electron chi connectivity index (χ4n) is 2.95. The molecule has 1 aromatic carbocycles. The van der Waals surface area contributed by atoms with Crippen LogP contribution in [0.2, 0.25) is 0 Å². The zero-order valence-electron chi connectivity index (χ0n) is 13.0. The van der Waals surface area contributed by atoms with E-state index in [2.05, 4.69) is 4.98 Å². The standard InChI is InChI=1S/C18H17FN2O2S/c19-15-5-3-14(4-6-15)10-16-11-22-18(23-16,17-2-1-9-24-17)12-21-8-7-20-13-21/h1-9,13,16H,10-12H2. The minimum absolute atomic E-state index is 0.0684. The highest BCUT2D eigenvalue weighted by atomic mass is 32.1. The first kappa shape index (κ1) is 15.5. The average Bonchev–Trinajstić information content (AvgIpc) is 3.32. The Bertz CT molecular complexity index is 774. The van der Waals surface area contributed by atoms with Crippen LogP contribution in [0.25, 0.3) is 0 Å². The SMILES string of the molecule is Fc1ccc(CC2COC(Cn3ccnc3)(c3cccs3)O2)cc1. The zero-order valence-corrected chi connectivity index (χ0v) is 13.8. The number of ether oxygens (including phenoxy) is 2. The van der Waals surface area contributed by atoms with Gasteiger partial charge in [0.1, 0.15) is 5.82 Å². The van der Waals surface area contributed by atoms with Crippen LogP contribution in [-0.2, 0) is 28.2 Å². The van der Waals surface area contributed by atoms with Crippen LogP contribution in [0.5, 0.6) is 0 Å². The number of halogens is 1.